The Kier molecular flexibility index (Phi) is 7.32. The third-order valence-corrected chi connectivity index (χ3v) is 6.83. The number of methoxy groups -OCH3 is 1. The number of nitrogens with zero attached hydrogens (tertiary/aromatic N) is 2. The summed E-state index contributed by atoms with van der Waals surface area (Å²) in [6.45, 7) is 0. The number of ether oxygens (including phenoxy) is 1. The molecule has 0 aliphatic carbocycles. The number of imidazole rings is 1. The van der Waals surface area contributed by atoms with Crippen molar-refractivity contribution in [2.75, 3.05) is 12.9 Å². The highest BCUT2D eigenvalue weighted by molar-refractivity contribution is 7.99. The van der Waals surface area contributed by atoms with Gasteiger partial charge >= 0.3 is 0 Å². The average molecular weight is 436 g/mol. The molecular weight excluding hydrogens is 410 g/mol. The van der Waals surface area contributed by atoms with Gasteiger partial charge in [-0.1, -0.05) is 54.2 Å². The van der Waals surface area contributed by atoms with Gasteiger partial charge in [0.1, 0.15) is 0 Å². The number of thioether (sulfide) groups is 2. The highest BCUT2D eigenvalue weighted by atomic mass is 32.2. The van der Waals surface area contributed by atoms with E-state index in [0.717, 1.165) is 44.7 Å². The Morgan fingerprint density at radius 3 is 2.60 bits per heavy atom. The van der Waals surface area contributed by atoms with Gasteiger partial charge < -0.3 is 9.72 Å². The lowest BCUT2D eigenvalue weighted by molar-refractivity contribution is 0.398. The fourth-order valence-corrected chi connectivity index (χ4v) is 5.18. The molecule has 154 valence electrons. The molecule has 4 rings (SSSR count). The zero-order chi connectivity index (χ0) is 20.6. The van der Waals surface area contributed by atoms with Gasteiger partial charge in [-0.15, -0.1) is 11.8 Å². The van der Waals surface area contributed by atoms with Crippen molar-refractivity contribution in [1.82, 2.24) is 15.0 Å². The summed E-state index contributed by atoms with van der Waals surface area (Å²) in [6, 6.07) is 20.8. The SMILES string of the molecule is COc1c(SCCCCc2ccccc2)ccnc1CSc1nc2ccccc2[nH]1. The largest absolute Gasteiger partial charge is 0.494 e. The van der Waals surface area contributed by atoms with Crippen molar-refractivity contribution in [1.29, 1.82) is 0 Å². The summed E-state index contributed by atoms with van der Waals surface area (Å²) in [5.41, 5.74) is 4.41. The van der Waals surface area contributed by atoms with E-state index in [9.17, 15) is 0 Å². The average Bonchev–Trinajstić information content (AvgIpc) is 3.21. The van der Waals surface area contributed by atoms with E-state index in [1.54, 1.807) is 18.9 Å². The molecule has 0 fully saturated rings. The van der Waals surface area contributed by atoms with Crippen LogP contribution >= 0.6 is 23.5 Å². The van der Waals surface area contributed by atoms with Crippen molar-refractivity contribution in [3.8, 4) is 5.75 Å². The number of rotatable bonds is 10. The number of aromatic nitrogens is 3. The van der Waals surface area contributed by atoms with Crippen molar-refractivity contribution in [2.45, 2.75) is 35.1 Å². The van der Waals surface area contributed by atoms with E-state index < -0.39 is 0 Å². The number of H-pyrrole nitrogens is 1. The van der Waals surface area contributed by atoms with Crippen LogP contribution in [0.3, 0.4) is 0 Å². The fraction of sp³-hybridized carbons (Fsp3) is 0.250. The van der Waals surface area contributed by atoms with Gasteiger partial charge in [0.25, 0.3) is 0 Å². The summed E-state index contributed by atoms with van der Waals surface area (Å²) >= 11 is 3.50. The predicted octanol–water partition coefficient (Wildman–Crippen LogP) is 6.37. The smallest absolute Gasteiger partial charge is 0.166 e. The lowest BCUT2D eigenvalue weighted by Crippen LogP contribution is -1.97. The van der Waals surface area contributed by atoms with E-state index >= 15 is 0 Å². The summed E-state index contributed by atoms with van der Waals surface area (Å²) in [5.74, 6) is 2.67. The third-order valence-electron chi connectivity index (χ3n) is 4.82. The molecule has 2 aromatic heterocycles. The standard InChI is InChI=1S/C24H25N3OS2/c1-28-23-21(17-30-24-26-19-12-5-6-13-20(19)27-24)25-15-14-22(23)29-16-8-7-11-18-9-3-2-4-10-18/h2-6,9-10,12-15H,7-8,11,16-17H2,1H3,(H,26,27). The Morgan fingerprint density at radius 1 is 0.933 bits per heavy atom. The van der Waals surface area contributed by atoms with E-state index in [4.69, 9.17) is 4.74 Å². The van der Waals surface area contributed by atoms with Gasteiger partial charge in [0.2, 0.25) is 0 Å². The number of aryl methyl sites for hydroxylation is 1. The molecule has 0 saturated heterocycles. The number of fused-ring (bicyclic) bond motifs is 1. The molecule has 0 unspecified atom stereocenters. The topological polar surface area (TPSA) is 50.8 Å². The second-order valence-corrected chi connectivity index (χ2v) is 9.03. The summed E-state index contributed by atoms with van der Waals surface area (Å²) in [5, 5.41) is 0.902. The molecule has 4 nitrogen and oxygen atoms in total. The Morgan fingerprint density at radius 2 is 1.77 bits per heavy atom. The van der Waals surface area contributed by atoms with Crippen molar-refractivity contribution in [2.24, 2.45) is 0 Å². The van der Waals surface area contributed by atoms with Crippen molar-refractivity contribution in [3.63, 3.8) is 0 Å². The second kappa shape index (κ2) is 10.5. The second-order valence-electron chi connectivity index (χ2n) is 6.93. The summed E-state index contributed by atoms with van der Waals surface area (Å²) in [7, 11) is 1.73. The number of benzene rings is 2. The van der Waals surface area contributed by atoms with Crippen LogP contribution in [0.15, 0.2) is 76.9 Å². The van der Waals surface area contributed by atoms with Crippen LogP contribution < -0.4 is 4.74 Å². The number of aromatic amines is 1. The summed E-state index contributed by atoms with van der Waals surface area (Å²) in [4.78, 5) is 13.7. The van der Waals surface area contributed by atoms with Crippen molar-refractivity contribution in [3.05, 3.63) is 78.1 Å². The molecule has 6 heteroatoms. The van der Waals surface area contributed by atoms with Gasteiger partial charge in [-0.2, -0.15) is 0 Å². The maximum atomic E-state index is 5.72. The number of unbranched alkanes of at least 4 members (excludes halogenated alkanes) is 1. The first-order valence-corrected chi connectivity index (χ1v) is 12.1. The van der Waals surface area contributed by atoms with Gasteiger partial charge in [0.05, 0.1) is 28.7 Å². The predicted molar refractivity (Wildman–Crippen MR) is 127 cm³/mol. The Bertz CT molecular complexity index is 1050. The van der Waals surface area contributed by atoms with Gasteiger partial charge in [0, 0.05) is 11.9 Å². The molecule has 2 heterocycles. The van der Waals surface area contributed by atoms with Crippen LogP contribution in [0.1, 0.15) is 24.1 Å². The van der Waals surface area contributed by atoms with Crippen LogP contribution in [0, 0.1) is 0 Å². The molecule has 0 spiro atoms. The van der Waals surface area contributed by atoms with Gasteiger partial charge in [-0.3, -0.25) is 4.98 Å². The Hall–Kier alpha value is -2.44. The lowest BCUT2D eigenvalue weighted by atomic mass is 10.1. The molecule has 0 radical (unpaired) electrons. The molecule has 0 atom stereocenters. The molecule has 30 heavy (non-hydrogen) atoms. The molecule has 0 saturated carbocycles. The van der Waals surface area contributed by atoms with Crippen LogP contribution in [-0.2, 0) is 12.2 Å². The van der Waals surface area contributed by atoms with Gasteiger partial charge in [-0.05, 0) is 48.8 Å². The van der Waals surface area contributed by atoms with Gasteiger partial charge in [-0.25, -0.2) is 4.98 Å². The quantitative estimate of drug-likeness (QED) is 0.232. The minimum atomic E-state index is 0.714. The van der Waals surface area contributed by atoms with Crippen LogP contribution in [0.4, 0.5) is 0 Å². The van der Waals surface area contributed by atoms with E-state index in [2.05, 4.69) is 51.4 Å². The zero-order valence-electron chi connectivity index (χ0n) is 17.0. The fourth-order valence-electron chi connectivity index (χ4n) is 3.30. The first kappa shape index (κ1) is 20.8. The summed E-state index contributed by atoms with van der Waals surface area (Å²) < 4.78 is 5.72. The highest BCUT2D eigenvalue weighted by Crippen LogP contribution is 2.34. The molecule has 0 aliphatic heterocycles. The molecule has 2 aromatic carbocycles. The van der Waals surface area contributed by atoms with Crippen LogP contribution in [0.2, 0.25) is 0 Å². The highest BCUT2D eigenvalue weighted by Gasteiger charge is 2.12. The Labute approximate surface area is 185 Å². The van der Waals surface area contributed by atoms with Gasteiger partial charge in [0.15, 0.2) is 10.9 Å². The molecular formula is C24H25N3OS2. The number of pyridine rings is 1. The lowest BCUT2D eigenvalue weighted by Gasteiger charge is -2.12. The van der Waals surface area contributed by atoms with E-state index in [1.807, 2.05) is 42.2 Å². The number of para-hydroxylation sites is 2. The molecule has 4 aromatic rings. The number of hydrogen-bond donors (Lipinski definition) is 1. The molecule has 0 amide bonds. The molecule has 1 N–H and O–H groups in total. The normalized spacial score (nSPS) is 11.1. The number of nitrogens with one attached hydrogen (secondary N) is 1. The minimum Gasteiger partial charge on any atom is -0.494 e. The monoisotopic (exact) mass is 435 g/mol. The first-order chi connectivity index (χ1) is 14.8. The van der Waals surface area contributed by atoms with E-state index in [-0.39, 0.29) is 0 Å². The van der Waals surface area contributed by atoms with E-state index in [1.165, 1.54) is 18.4 Å². The minimum absolute atomic E-state index is 0.714. The van der Waals surface area contributed by atoms with Crippen molar-refractivity contribution < 1.29 is 4.74 Å². The van der Waals surface area contributed by atoms with Crippen LogP contribution in [0.5, 0.6) is 5.75 Å². The third kappa shape index (κ3) is 5.37. The molecule has 0 aliphatic rings. The van der Waals surface area contributed by atoms with Crippen molar-refractivity contribution >= 4 is 34.6 Å². The first-order valence-electron chi connectivity index (χ1n) is 10.1. The maximum Gasteiger partial charge on any atom is 0.166 e. The van der Waals surface area contributed by atoms with Crippen LogP contribution in [0.25, 0.3) is 11.0 Å². The Balaban J connectivity index is 1.32. The number of hydrogen-bond acceptors (Lipinski definition) is 5. The zero-order valence-corrected chi connectivity index (χ0v) is 18.6. The maximum absolute atomic E-state index is 5.72. The van der Waals surface area contributed by atoms with E-state index in [0.29, 0.717) is 5.75 Å². The molecule has 0 bridgehead atoms. The van der Waals surface area contributed by atoms with Crippen LogP contribution in [-0.4, -0.2) is 27.8 Å². The summed E-state index contributed by atoms with van der Waals surface area (Å²) in [6.07, 6.45) is 5.38.